The van der Waals surface area contributed by atoms with Crippen LogP contribution in [0.1, 0.15) is 38.4 Å². The maximum atomic E-state index is 4.39. The maximum absolute atomic E-state index is 4.39. The molecule has 106 valence electrons. The van der Waals surface area contributed by atoms with Crippen molar-refractivity contribution in [1.29, 1.82) is 0 Å². The van der Waals surface area contributed by atoms with Gasteiger partial charge in [0.2, 0.25) is 0 Å². The summed E-state index contributed by atoms with van der Waals surface area (Å²) in [5, 5.41) is 10.8. The molecule has 0 saturated heterocycles. The van der Waals surface area contributed by atoms with Crippen LogP contribution in [0.3, 0.4) is 0 Å². The van der Waals surface area contributed by atoms with Crippen molar-refractivity contribution in [3.05, 3.63) is 30.1 Å². The zero-order chi connectivity index (χ0) is 13.9. The Labute approximate surface area is 120 Å². The molecule has 0 spiro atoms. The van der Waals surface area contributed by atoms with Crippen LogP contribution in [0.5, 0.6) is 0 Å². The predicted octanol–water partition coefficient (Wildman–Crippen LogP) is 3.77. The van der Waals surface area contributed by atoms with E-state index in [-0.39, 0.29) is 0 Å². The first-order valence-electron chi connectivity index (χ1n) is 7.48. The van der Waals surface area contributed by atoms with Crippen molar-refractivity contribution in [2.45, 2.75) is 45.6 Å². The molecule has 4 heteroatoms. The Morgan fingerprint density at radius 1 is 1.25 bits per heavy atom. The lowest BCUT2D eigenvalue weighted by molar-refractivity contribution is 0.349. The number of aromatic nitrogens is 3. The lowest BCUT2D eigenvalue weighted by atomic mass is 9.86. The number of benzene rings is 1. The minimum Gasteiger partial charge on any atom is -0.382 e. The van der Waals surface area contributed by atoms with Crippen LogP contribution in [-0.2, 0) is 0 Å². The highest BCUT2D eigenvalue weighted by Gasteiger charge is 2.20. The van der Waals surface area contributed by atoms with E-state index in [2.05, 4.69) is 51.7 Å². The smallest absolute Gasteiger partial charge is 0.181 e. The third-order valence-corrected chi connectivity index (χ3v) is 4.18. The quantitative estimate of drug-likeness (QED) is 0.892. The summed E-state index contributed by atoms with van der Waals surface area (Å²) in [6.07, 6.45) is 5.31. The number of rotatable bonds is 3. The molecule has 1 fully saturated rings. The van der Waals surface area contributed by atoms with Crippen molar-refractivity contribution < 1.29 is 0 Å². The molecule has 0 bridgehead atoms. The minimum atomic E-state index is 0.591. The van der Waals surface area contributed by atoms with E-state index in [0.717, 1.165) is 23.1 Å². The number of nitrogens with zero attached hydrogens (tertiary/aromatic N) is 2. The number of aromatic amines is 1. The van der Waals surface area contributed by atoms with Crippen molar-refractivity contribution in [1.82, 2.24) is 15.2 Å². The van der Waals surface area contributed by atoms with Gasteiger partial charge in [-0.2, -0.15) is 5.10 Å². The highest BCUT2D eigenvalue weighted by molar-refractivity contribution is 5.62. The van der Waals surface area contributed by atoms with Crippen LogP contribution in [0, 0.1) is 12.8 Å². The summed E-state index contributed by atoms with van der Waals surface area (Å²) in [4.78, 5) is 4.39. The van der Waals surface area contributed by atoms with Gasteiger partial charge in [-0.05, 0) is 37.8 Å². The van der Waals surface area contributed by atoms with Crippen molar-refractivity contribution in [2.75, 3.05) is 5.32 Å². The molecule has 2 aromatic rings. The number of hydrogen-bond acceptors (Lipinski definition) is 3. The van der Waals surface area contributed by atoms with Gasteiger partial charge in [0.15, 0.2) is 5.82 Å². The van der Waals surface area contributed by atoms with E-state index in [4.69, 9.17) is 0 Å². The summed E-state index contributed by atoms with van der Waals surface area (Å²) in [6.45, 7) is 4.27. The first-order chi connectivity index (χ1) is 9.72. The summed E-state index contributed by atoms with van der Waals surface area (Å²) >= 11 is 0. The Morgan fingerprint density at radius 3 is 2.85 bits per heavy atom. The molecule has 1 aromatic carbocycles. The first-order valence-corrected chi connectivity index (χ1v) is 7.48. The molecule has 20 heavy (non-hydrogen) atoms. The lowest BCUT2D eigenvalue weighted by Gasteiger charge is -2.30. The van der Waals surface area contributed by atoms with E-state index in [1.807, 2.05) is 6.92 Å². The number of hydrogen-bond donors (Lipinski definition) is 2. The minimum absolute atomic E-state index is 0.591. The molecule has 4 nitrogen and oxygen atoms in total. The molecule has 1 aromatic heterocycles. The monoisotopic (exact) mass is 270 g/mol. The molecule has 2 atom stereocenters. The van der Waals surface area contributed by atoms with E-state index in [1.54, 1.807) is 0 Å². The van der Waals surface area contributed by atoms with E-state index in [9.17, 15) is 0 Å². The average Bonchev–Trinajstić information content (AvgIpc) is 2.89. The molecule has 0 amide bonds. The van der Waals surface area contributed by atoms with Crippen molar-refractivity contribution >= 4 is 5.69 Å². The van der Waals surface area contributed by atoms with Gasteiger partial charge in [0, 0.05) is 17.3 Å². The number of nitrogens with one attached hydrogen (secondary N) is 2. The zero-order valence-electron chi connectivity index (χ0n) is 12.2. The Hall–Kier alpha value is -1.84. The van der Waals surface area contributed by atoms with Crippen molar-refractivity contribution in [2.24, 2.45) is 5.92 Å². The topological polar surface area (TPSA) is 53.6 Å². The Bertz CT molecular complexity index is 575. The highest BCUT2D eigenvalue weighted by atomic mass is 15.2. The Morgan fingerprint density at radius 2 is 2.10 bits per heavy atom. The van der Waals surface area contributed by atoms with Crippen LogP contribution in [0.4, 0.5) is 5.69 Å². The van der Waals surface area contributed by atoms with E-state index < -0.39 is 0 Å². The third kappa shape index (κ3) is 2.84. The van der Waals surface area contributed by atoms with Crippen LogP contribution in [0.25, 0.3) is 11.4 Å². The van der Waals surface area contributed by atoms with Gasteiger partial charge in [0.1, 0.15) is 5.82 Å². The first kappa shape index (κ1) is 13.2. The summed E-state index contributed by atoms with van der Waals surface area (Å²) < 4.78 is 0. The van der Waals surface area contributed by atoms with E-state index >= 15 is 0 Å². The normalized spacial score (nSPS) is 22.7. The second-order valence-corrected chi connectivity index (χ2v) is 5.84. The molecule has 0 aliphatic heterocycles. The predicted molar refractivity (Wildman–Crippen MR) is 81.6 cm³/mol. The van der Waals surface area contributed by atoms with Crippen LogP contribution in [0.15, 0.2) is 24.3 Å². The molecule has 1 aliphatic rings. The second kappa shape index (κ2) is 5.65. The van der Waals surface area contributed by atoms with E-state index in [0.29, 0.717) is 6.04 Å². The fourth-order valence-electron chi connectivity index (χ4n) is 2.96. The molecule has 1 heterocycles. The van der Waals surface area contributed by atoms with Crippen LogP contribution < -0.4 is 5.32 Å². The highest BCUT2D eigenvalue weighted by Crippen LogP contribution is 2.28. The Kier molecular flexibility index (Phi) is 3.72. The maximum Gasteiger partial charge on any atom is 0.181 e. The molecule has 2 unspecified atom stereocenters. The summed E-state index contributed by atoms with van der Waals surface area (Å²) in [7, 11) is 0. The molecule has 0 radical (unpaired) electrons. The average molecular weight is 270 g/mol. The molecule has 1 aliphatic carbocycles. The zero-order valence-corrected chi connectivity index (χ0v) is 12.2. The molecule has 1 saturated carbocycles. The number of anilines is 1. The van der Waals surface area contributed by atoms with Crippen LogP contribution in [0.2, 0.25) is 0 Å². The van der Waals surface area contributed by atoms with Gasteiger partial charge in [-0.1, -0.05) is 31.9 Å². The molecular weight excluding hydrogens is 248 g/mol. The van der Waals surface area contributed by atoms with Gasteiger partial charge >= 0.3 is 0 Å². The molecule has 3 rings (SSSR count). The number of H-pyrrole nitrogens is 1. The standard InChI is InChI=1S/C16H22N4/c1-11-6-3-4-9-15(11)18-14-8-5-7-13(10-14)16-17-12(2)19-20-16/h5,7-8,10-11,15,18H,3-4,6,9H2,1-2H3,(H,17,19,20). The lowest BCUT2D eigenvalue weighted by Crippen LogP contribution is -2.30. The van der Waals surface area contributed by atoms with Gasteiger partial charge in [-0.25, -0.2) is 4.98 Å². The van der Waals surface area contributed by atoms with Gasteiger partial charge in [0.05, 0.1) is 0 Å². The van der Waals surface area contributed by atoms with Gasteiger partial charge in [-0.3, -0.25) is 5.10 Å². The van der Waals surface area contributed by atoms with Crippen molar-refractivity contribution in [3.63, 3.8) is 0 Å². The summed E-state index contributed by atoms with van der Waals surface area (Å²) in [5.74, 6) is 2.36. The van der Waals surface area contributed by atoms with Gasteiger partial charge in [-0.15, -0.1) is 0 Å². The van der Waals surface area contributed by atoms with Gasteiger partial charge in [0.25, 0.3) is 0 Å². The van der Waals surface area contributed by atoms with Crippen LogP contribution >= 0.6 is 0 Å². The van der Waals surface area contributed by atoms with Crippen molar-refractivity contribution in [3.8, 4) is 11.4 Å². The van der Waals surface area contributed by atoms with Crippen LogP contribution in [-0.4, -0.2) is 21.2 Å². The fraction of sp³-hybridized carbons (Fsp3) is 0.500. The largest absolute Gasteiger partial charge is 0.382 e. The molecule has 2 N–H and O–H groups in total. The Balaban J connectivity index is 1.77. The van der Waals surface area contributed by atoms with Gasteiger partial charge < -0.3 is 5.32 Å². The summed E-state index contributed by atoms with van der Waals surface area (Å²) in [5.41, 5.74) is 2.23. The fourth-order valence-corrected chi connectivity index (χ4v) is 2.96. The second-order valence-electron chi connectivity index (χ2n) is 5.84. The SMILES string of the molecule is Cc1nc(-c2cccc(NC3CCCCC3C)c2)n[nH]1. The molecular formula is C16H22N4. The van der Waals surface area contributed by atoms with E-state index in [1.165, 1.54) is 31.4 Å². The third-order valence-electron chi connectivity index (χ3n) is 4.18. The number of aryl methyl sites for hydroxylation is 1. The summed E-state index contributed by atoms with van der Waals surface area (Å²) in [6, 6.07) is 8.98.